The van der Waals surface area contributed by atoms with Crippen molar-refractivity contribution in [2.45, 2.75) is 31.2 Å². The maximum atomic E-state index is 3.68. The van der Waals surface area contributed by atoms with Crippen LogP contribution in [-0.2, 0) is 6.42 Å². The molecule has 3 rings (SSSR count). The van der Waals surface area contributed by atoms with E-state index >= 15 is 0 Å². The van der Waals surface area contributed by atoms with Gasteiger partial charge in [-0.15, -0.1) is 11.3 Å². The molecule has 1 aliphatic rings. The second-order valence-electron chi connectivity index (χ2n) is 5.10. The van der Waals surface area contributed by atoms with Crippen molar-refractivity contribution in [3.8, 4) is 0 Å². The normalized spacial score (nSPS) is 20.0. The molecule has 0 fully saturated rings. The number of hydrogen-bond donors (Lipinski definition) is 1. The average Bonchev–Trinajstić information content (AvgIpc) is 2.86. The van der Waals surface area contributed by atoms with Crippen molar-refractivity contribution in [2.24, 2.45) is 0 Å². The Balaban J connectivity index is 2.00. The number of halogens is 1. The van der Waals surface area contributed by atoms with Crippen LogP contribution in [0.4, 0.5) is 0 Å². The highest BCUT2D eigenvalue weighted by Gasteiger charge is 2.29. The first kappa shape index (κ1) is 13.3. The van der Waals surface area contributed by atoms with Crippen molar-refractivity contribution >= 4 is 27.3 Å². The lowest BCUT2D eigenvalue weighted by atomic mass is 9.78. The van der Waals surface area contributed by atoms with E-state index < -0.39 is 0 Å². The second kappa shape index (κ2) is 5.78. The first-order valence-electron chi connectivity index (χ1n) is 6.79. The van der Waals surface area contributed by atoms with E-state index in [1.165, 1.54) is 39.7 Å². The van der Waals surface area contributed by atoms with Crippen LogP contribution in [0.15, 0.2) is 40.2 Å². The van der Waals surface area contributed by atoms with Crippen LogP contribution in [0, 0.1) is 0 Å². The fraction of sp³-hybridized carbons (Fsp3) is 0.375. The third kappa shape index (κ3) is 2.51. The fourth-order valence-corrected chi connectivity index (χ4v) is 4.97. The zero-order chi connectivity index (χ0) is 13.2. The third-order valence-corrected chi connectivity index (χ3v) is 6.01. The predicted molar refractivity (Wildman–Crippen MR) is 85.9 cm³/mol. The quantitative estimate of drug-likeness (QED) is 0.841. The van der Waals surface area contributed by atoms with E-state index in [2.05, 4.69) is 64.0 Å². The van der Waals surface area contributed by atoms with Crippen LogP contribution in [0.5, 0.6) is 0 Å². The second-order valence-corrected chi connectivity index (χ2v) is 6.90. The molecule has 1 nitrogen and oxygen atoms in total. The summed E-state index contributed by atoms with van der Waals surface area (Å²) < 4.78 is 1.24. The number of likely N-dealkylation sites (N-methyl/N-ethyl adjacent to an activating group) is 1. The molecule has 0 bridgehead atoms. The van der Waals surface area contributed by atoms with Gasteiger partial charge in [-0.2, -0.15) is 0 Å². The molecule has 1 N–H and O–H groups in total. The molecule has 0 aliphatic heterocycles. The Morgan fingerprint density at radius 2 is 2.16 bits per heavy atom. The van der Waals surface area contributed by atoms with E-state index in [4.69, 9.17) is 0 Å². The molecule has 1 heterocycles. The van der Waals surface area contributed by atoms with Crippen molar-refractivity contribution < 1.29 is 0 Å². The largest absolute Gasteiger partial charge is 0.312 e. The molecule has 3 heteroatoms. The Labute approximate surface area is 127 Å². The Kier molecular flexibility index (Phi) is 4.06. The standard InChI is InChI=1S/C16H18BrNS/c1-18-15(16-14(17)9-10-19-16)13-8-4-6-11-5-2-3-7-12(11)13/h2-3,5,7,9-10,13,15,18H,4,6,8H2,1H3. The summed E-state index contributed by atoms with van der Waals surface area (Å²) in [6.45, 7) is 0. The predicted octanol–water partition coefficient (Wildman–Crippen LogP) is 4.89. The molecule has 1 aliphatic carbocycles. The van der Waals surface area contributed by atoms with E-state index in [1.54, 1.807) is 0 Å². The molecule has 0 amide bonds. The Morgan fingerprint density at radius 3 is 2.89 bits per heavy atom. The third-order valence-electron chi connectivity index (χ3n) is 4.06. The summed E-state index contributed by atoms with van der Waals surface area (Å²) >= 11 is 5.53. The van der Waals surface area contributed by atoms with Gasteiger partial charge in [0.15, 0.2) is 0 Å². The molecule has 1 aromatic carbocycles. The van der Waals surface area contributed by atoms with Crippen molar-refractivity contribution in [3.63, 3.8) is 0 Å². The van der Waals surface area contributed by atoms with Crippen molar-refractivity contribution in [3.05, 3.63) is 56.2 Å². The van der Waals surface area contributed by atoms with Crippen molar-refractivity contribution in [1.82, 2.24) is 5.32 Å². The first-order chi connectivity index (χ1) is 9.31. The highest BCUT2D eigenvalue weighted by atomic mass is 79.9. The summed E-state index contributed by atoms with van der Waals surface area (Å²) in [7, 11) is 2.08. The fourth-order valence-electron chi connectivity index (χ4n) is 3.18. The van der Waals surface area contributed by atoms with Crippen LogP contribution in [0.25, 0.3) is 0 Å². The number of benzene rings is 1. The maximum absolute atomic E-state index is 3.68. The summed E-state index contributed by atoms with van der Waals surface area (Å²) in [6, 6.07) is 11.5. The molecule has 0 radical (unpaired) electrons. The molecule has 1 aromatic heterocycles. The molecule has 2 unspecified atom stereocenters. The van der Waals surface area contributed by atoms with Gasteiger partial charge in [0.05, 0.1) is 0 Å². The molecule has 100 valence electrons. The maximum Gasteiger partial charge on any atom is 0.0493 e. The molecule has 0 saturated carbocycles. The SMILES string of the molecule is CNC(c1sccc1Br)C1CCCc2ccccc21. The van der Waals surface area contributed by atoms with Gasteiger partial charge in [0.1, 0.15) is 0 Å². The van der Waals surface area contributed by atoms with E-state index in [1.807, 2.05) is 11.3 Å². The minimum absolute atomic E-state index is 0.413. The highest BCUT2D eigenvalue weighted by molar-refractivity contribution is 9.10. The van der Waals surface area contributed by atoms with E-state index in [-0.39, 0.29) is 0 Å². The molecule has 0 spiro atoms. The molecule has 2 aromatic rings. The van der Waals surface area contributed by atoms with E-state index in [0.717, 1.165) is 0 Å². The van der Waals surface area contributed by atoms with Crippen LogP contribution in [-0.4, -0.2) is 7.05 Å². The lowest BCUT2D eigenvalue weighted by Crippen LogP contribution is -2.26. The Morgan fingerprint density at radius 1 is 1.32 bits per heavy atom. The van der Waals surface area contributed by atoms with Crippen LogP contribution in [0.3, 0.4) is 0 Å². The number of fused-ring (bicyclic) bond motifs is 1. The van der Waals surface area contributed by atoms with Crippen molar-refractivity contribution in [2.75, 3.05) is 7.05 Å². The van der Waals surface area contributed by atoms with Gasteiger partial charge in [0, 0.05) is 21.3 Å². The molecule has 0 saturated heterocycles. The van der Waals surface area contributed by atoms with Crippen LogP contribution >= 0.6 is 27.3 Å². The van der Waals surface area contributed by atoms with Gasteiger partial charge >= 0.3 is 0 Å². The van der Waals surface area contributed by atoms with E-state index in [0.29, 0.717) is 12.0 Å². The number of thiophene rings is 1. The zero-order valence-electron chi connectivity index (χ0n) is 11.0. The minimum atomic E-state index is 0.413. The lowest BCUT2D eigenvalue weighted by Gasteiger charge is -2.32. The molecular weight excluding hydrogens is 318 g/mol. The van der Waals surface area contributed by atoms with Gasteiger partial charge in [-0.25, -0.2) is 0 Å². The Hall–Kier alpha value is -0.640. The van der Waals surface area contributed by atoms with Gasteiger partial charge in [0.2, 0.25) is 0 Å². The molecular formula is C16H18BrNS. The summed E-state index contributed by atoms with van der Waals surface area (Å²) in [5, 5.41) is 5.70. The van der Waals surface area contributed by atoms with Crippen LogP contribution in [0.2, 0.25) is 0 Å². The van der Waals surface area contributed by atoms with E-state index in [9.17, 15) is 0 Å². The number of hydrogen-bond acceptors (Lipinski definition) is 2. The summed E-state index contributed by atoms with van der Waals surface area (Å²) in [4.78, 5) is 1.42. The smallest absolute Gasteiger partial charge is 0.0493 e. The lowest BCUT2D eigenvalue weighted by molar-refractivity contribution is 0.429. The summed E-state index contributed by atoms with van der Waals surface area (Å²) in [5.41, 5.74) is 3.07. The number of aryl methyl sites for hydroxylation is 1. The Bertz CT molecular complexity index is 563. The van der Waals surface area contributed by atoms with Gasteiger partial charge in [0.25, 0.3) is 0 Å². The molecule has 2 atom stereocenters. The van der Waals surface area contributed by atoms with Gasteiger partial charge < -0.3 is 5.32 Å². The van der Waals surface area contributed by atoms with Crippen LogP contribution in [0.1, 0.15) is 40.8 Å². The van der Waals surface area contributed by atoms with Gasteiger partial charge in [-0.1, -0.05) is 24.3 Å². The topological polar surface area (TPSA) is 12.0 Å². The summed E-state index contributed by atoms with van der Waals surface area (Å²) in [5.74, 6) is 0.588. The number of rotatable bonds is 3. The zero-order valence-corrected chi connectivity index (χ0v) is 13.4. The highest BCUT2D eigenvalue weighted by Crippen LogP contribution is 2.43. The summed E-state index contributed by atoms with van der Waals surface area (Å²) in [6.07, 6.45) is 3.80. The van der Waals surface area contributed by atoms with Crippen LogP contribution < -0.4 is 5.32 Å². The van der Waals surface area contributed by atoms with Gasteiger partial charge in [-0.05, 0) is 64.8 Å². The minimum Gasteiger partial charge on any atom is -0.312 e. The van der Waals surface area contributed by atoms with Crippen molar-refractivity contribution in [1.29, 1.82) is 0 Å². The number of nitrogens with one attached hydrogen (secondary N) is 1. The monoisotopic (exact) mass is 335 g/mol. The van der Waals surface area contributed by atoms with Gasteiger partial charge in [-0.3, -0.25) is 0 Å². The molecule has 19 heavy (non-hydrogen) atoms. The average molecular weight is 336 g/mol. The first-order valence-corrected chi connectivity index (χ1v) is 8.46.